The molecule has 1 amide bonds. The molecule has 1 N–H and O–H groups in total. The van der Waals surface area contributed by atoms with Crippen molar-refractivity contribution in [3.8, 4) is 5.75 Å². The van der Waals surface area contributed by atoms with Crippen molar-refractivity contribution < 1.29 is 17.9 Å². The average Bonchev–Trinajstić information content (AvgIpc) is 2.79. The molecule has 7 nitrogen and oxygen atoms in total. The number of carbonyl (C=O) groups excluding carboxylic acids is 1. The van der Waals surface area contributed by atoms with Gasteiger partial charge in [0.05, 0.1) is 23.9 Å². The highest BCUT2D eigenvalue weighted by atomic mass is 32.2. The van der Waals surface area contributed by atoms with Crippen LogP contribution >= 0.6 is 0 Å². The molecular formula is C22H21N3O4S. The number of hydrazone groups is 1. The van der Waals surface area contributed by atoms with Gasteiger partial charge in [0.25, 0.3) is 15.9 Å². The number of hydrogen-bond acceptors (Lipinski definition) is 5. The molecule has 0 atom stereocenters. The van der Waals surface area contributed by atoms with Crippen LogP contribution in [-0.2, 0) is 10.0 Å². The molecule has 0 heterocycles. The summed E-state index contributed by atoms with van der Waals surface area (Å²) in [5, 5.41) is 3.95. The molecule has 3 aromatic rings. The summed E-state index contributed by atoms with van der Waals surface area (Å²) in [4.78, 5) is 12.5. The van der Waals surface area contributed by atoms with Crippen LogP contribution in [0.4, 0.5) is 5.69 Å². The van der Waals surface area contributed by atoms with Gasteiger partial charge in [-0.3, -0.25) is 9.10 Å². The van der Waals surface area contributed by atoms with Gasteiger partial charge in [-0.05, 0) is 48.5 Å². The Balaban J connectivity index is 1.69. The van der Waals surface area contributed by atoms with Crippen molar-refractivity contribution in [2.24, 2.45) is 5.10 Å². The fourth-order valence-electron chi connectivity index (χ4n) is 2.71. The second kappa shape index (κ2) is 9.23. The molecular weight excluding hydrogens is 402 g/mol. The minimum Gasteiger partial charge on any atom is -0.496 e. The number of nitrogens with zero attached hydrogens (tertiary/aromatic N) is 2. The van der Waals surface area contributed by atoms with Crippen molar-refractivity contribution in [3.05, 3.63) is 90.0 Å². The Hall–Kier alpha value is -3.65. The number of nitrogens with one attached hydrogen (secondary N) is 1. The van der Waals surface area contributed by atoms with Crippen LogP contribution < -0.4 is 14.5 Å². The Kier molecular flexibility index (Phi) is 6.48. The Labute approximate surface area is 175 Å². The van der Waals surface area contributed by atoms with Crippen LogP contribution in [-0.4, -0.2) is 34.7 Å². The van der Waals surface area contributed by atoms with Gasteiger partial charge in [0, 0.05) is 18.2 Å². The summed E-state index contributed by atoms with van der Waals surface area (Å²) in [6, 6.07) is 21.7. The number of sulfonamides is 1. The van der Waals surface area contributed by atoms with Gasteiger partial charge in [0.15, 0.2) is 0 Å². The highest BCUT2D eigenvalue weighted by Crippen LogP contribution is 2.22. The molecule has 0 fully saturated rings. The van der Waals surface area contributed by atoms with Gasteiger partial charge >= 0.3 is 0 Å². The van der Waals surface area contributed by atoms with Crippen LogP contribution in [0.25, 0.3) is 0 Å². The molecule has 0 aliphatic heterocycles. The van der Waals surface area contributed by atoms with Gasteiger partial charge in [-0.1, -0.05) is 30.3 Å². The number of rotatable bonds is 7. The molecule has 8 heteroatoms. The standard InChI is InChI=1S/C22H21N3O4S/c1-25(30(27,28)20-9-4-3-5-10-20)19-14-12-17(13-15-19)22(26)24-23-16-18-8-6-7-11-21(18)29-2/h3-16H,1-2H3,(H,24,26)/b23-16-. The second-order valence-corrected chi connectivity index (χ2v) is 8.24. The molecule has 0 unspecified atom stereocenters. The van der Waals surface area contributed by atoms with Gasteiger partial charge < -0.3 is 4.74 Å². The van der Waals surface area contributed by atoms with Gasteiger partial charge in [0.1, 0.15) is 5.75 Å². The van der Waals surface area contributed by atoms with E-state index >= 15 is 0 Å². The fraction of sp³-hybridized carbons (Fsp3) is 0.0909. The number of methoxy groups -OCH3 is 1. The predicted molar refractivity (Wildman–Crippen MR) is 117 cm³/mol. The minimum atomic E-state index is -3.68. The van der Waals surface area contributed by atoms with Crippen molar-refractivity contribution in [1.29, 1.82) is 0 Å². The number of amides is 1. The molecule has 0 aliphatic carbocycles. The normalized spacial score (nSPS) is 11.3. The van der Waals surface area contributed by atoms with E-state index in [1.165, 1.54) is 29.7 Å². The Morgan fingerprint density at radius 1 is 0.967 bits per heavy atom. The zero-order valence-electron chi connectivity index (χ0n) is 16.5. The summed E-state index contributed by atoms with van der Waals surface area (Å²) in [5.41, 5.74) is 3.96. The minimum absolute atomic E-state index is 0.194. The monoisotopic (exact) mass is 423 g/mol. The molecule has 0 saturated heterocycles. The van der Waals surface area contributed by atoms with Gasteiger partial charge in [-0.15, -0.1) is 0 Å². The fourth-order valence-corrected chi connectivity index (χ4v) is 3.93. The number of para-hydroxylation sites is 1. The van der Waals surface area contributed by atoms with E-state index in [1.807, 2.05) is 18.2 Å². The zero-order valence-corrected chi connectivity index (χ0v) is 17.3. The number of benzene rings is 3. The first-order valence-electron chi connectivity index (χ1n) is 9.04. The summed E-state index contributed by atoms with van der Waals surface area (Å²) in [6.45, 7) is 0. The highest BCUT2D eigenvalue weighted by Gasteiger charge is 2.21. The van der Waals surface area contributed by atoms with E-state index in [2.05, 4.69) is 10.5 Å². The Morgan fingerprint density at radius 3 is 2.27 bits per heavy atom. The lowest BCUT2D eigenvalue weighted by Gasteiger charge is -2.19. The smallest absolute Gasteiger partial charge is 0.271 e. The van der Waals surface area contributed by atoms with Crippen molar-refractivity contribution in [2.75, 3.05) is 18.5 Å². The van der Waals surface area contributed by atoms with E-state index in [0.29, 0.717) is 17.0 Å². The van der Waals surface area contributed by atoms with Crippen LogP contribution in [0.2, 0.25) is 0 Å². The quantitative estimate of drug-likeness (QED) is 0.467. The maximum absolute atomic E-state index is 12.7. The van der Waals surface area contributed by atoms with Gasteiger partial charge in [0.2, 0.25) is 0 Å². The highest BCUT2D eigenvalue weighted by molar-refractivity contribution is 7.92. The molecule has 3 aromatic carbocycles. The summed E-state index contributed by atoms with van der Waals surface area (Å²) < 4.78 is 31.8. The number of anilines is 1. The van der Waals surface area contributed by atoms with Crippen molar-refractivity contribution >= 4 is 27.8 Å². The third-order valence-corrected chi connectivity index (χ3v) is 6.20. The number of ether oxygens (including phenoxy) is 1. The lowest BCUT2D eigenvalue weighted by Crippen LogP contribution is -2.26. The largest absolute Gasteiger partial charge is 0.496 e. The van der Waals surface area contributed by atoms with Crippen LogP contribution in [0.1, 0.15) is 15.9 Å². The van der Waals surface area contributed by atoms with Crippen molar-refractivity contribution in [1.82, 2.24) is 5.43 Å². The van der Waals surface area contributed by atoms with Crippen molar-refractivity contribution in [2.45, 2.75) is 4.90 Å². The third kappa shape index (κ3) is 4.66. The van der Waals surface area contributed by atoms with Crippen molar-refractivity contribution in [3.63, 3.8) is 0 Å². The molecule has 0 aromatic heterocycles. The van der Waals surface area contributed by atoms with E-state index < -0.39 is 15.9 Å². The lowest BCUT2D eigenvalue weighted by atomic mass is 10.2. The number of hydrogen-bond donors (Lipinski definition) is 1. The van der Waals surface area contributed by atoms with E-state index in [-0.39, 0.29) is 4.90 Å². The van der Waals surface area contributed by atoms with Gasteiger partial charge in [-0.2, -0.15) is 5.10 Å². The molecule has 154 valence electrons. The molecule has 3 rings (SSSR count). The lowest BCUT2D eigenvalue weighted by molar-refractivity contribution is 0.0955. The molecule has 0 aliphatic rings. The zero-order chi connectivity index (χ0) is 21.6. The van der Waals surface area contributed by atoms with Crippen LogP contribution in [0.5, 0.6) is 5.75 Å². The first kappa shape index (κ1) is 21.1. The maximum Gasteiger partial charge on any atom is 0.271 e. The summed E-state index contributed by atoms with van der Waals surface area (Å²) in [5.74, 6) is 0.226. The molecule has 0 spiro atoms. The summed E-state index contributed by atoms with van der Waals surface area (Å²) >= 11 is 0. The molecule has 0 radical (unpaired) electrons. The Bertz CT molecular complexity index is 1140. The van der Waals surface area contributed by atoms with Crippen LogP contribution in [0.15, 0.2) is 88.9 Å². The van der Waals surface area contributed by atoms with E-state index in [1.54, 1.807) is 55.6 Å². The number of carbonyl (C=O) groups is 1. The van der Waals surface area contributed by atoms with E-state index in [0.717, 1.165) is 5.56 Å². The molecule has 30 heavy (non-hydrogen) atoms. The van der Waals surface area contributed by atoms with E-state index in [9.17, 15) is 13.2 Å². The molecule has 0 saturated carbocycles. The summed E-state index contributed by atoms with van der Waals surface area (Å²) in [7, 11) is -0.655. The Morgan fingerprint density at radius 2 is 1.60 bits per heavy atom. The molecule has 0 bridgehead atoms. The summed E-state index contributed by atoms with van der Waals surface area (Å²) in [6.07, 6.45) is 1.49. The SMILES string of the molecule is COc1ccccc1/C=N\NC(=O)c1ccc(N(C)S(=O)(=O)c2ccccc2)cc1. The van der Waals surface area contributed by atoms with Gasteiger partial charge in [-0.25, -0.2) is 13.8 Å². The van der Waals surface area contributed by atoms with E-state index in [4.69, 9.17) is 4.74 Å². The second-order valence-electron chi connectivity index (χ2n) is 6.27. The first-order chi connectivity index (χ1) is 14.4. The first-order valence-corrected chi connectivity index (χ1v) is 10.5. The average molecular weight is 423 g/mol. The maximum atomic E-state index is 12.7. The topological polar surface area (TPSA) is 88.1 Å². The van der Waals surface area contributed by atoms with Crippen LogP contribution in [0, 0.1) is 0 Å². The predicted octanol–water partition coefficient (Wildman–Crippen LogP) is 3.28. The van der Waals surface area contributed by atoms with Crippen LogP contribution in [0.3, 0.4) is 0 Å². The third-order valence-electron chi connectivity index (χ3n) is 4.40.